The standard InChI is InChI=1S/C2HNS2/c4-1-3-2-5/h1H. The van der Waals surface area contributed by atoms with E-state index in [2.05, 4.69) is 34.6 Å². The highest BCUT2D eigenvalue weighted by Crippen LogP contribution is 1.48. The number of rotatable bonds is 1. The van der Waals surface area contributed by atoms with Crippen molar-refractivity contribution in [1.29, 1.82) is 0 Å². The highest BCUT2D eigenvalue weighted by molar-refractivity contribution is 7.79. The van der Waals surface area contributed by atoms with Gasteiger partial charge in [0.2, 0.25) is 0 Å². The van der Waals surface area contributed by atoms with E-state index in [-0.39, 0.29) is 0 Å². The van der Waals surface area contributed by atoms with E-state index in [4.69, 9.17) is 0 Å². The summed E-state index contributed by atoms with van der Waals surface area (Å²) in [6.07, 6.45) is 0. The van der Waals surface area contributed by atoms with E-state index >= 15 is 0 Å². The van der Waals surface area contributed by atoms with Crippen molar-refractivity contribution in [2.45, 2.75) is 0 Å². The van der Waals surface area contributed by atoms with Crippen molar-refractivity contribution in [2.75, 3.05) is 0 Å². The maximum Gasteiger partial charge on any atom is 0.101 e. The molecule has 0 aromatic carbocycles. The van der Waals surface area contributed by atoms with Gasteiger partial charge in [-0.05, 0) is 12.2 Å². The van der Waals surface area contributed by atoms with Crippen LogP contribution in [0.15, 0.2) is 4.99 Å². The third kappa shape index (κ3) is 3.89. The first kappa shape index (κ1) is 4.89. The highest BCUT2D eigenvalue weighted by atomic mass is 32.1. The van der Waals surface area contributed by atoms with Crippen molar-refractivity contribution in [3.8, 4) is 0 Å². The van der Waals surface area contributed by atoms with E-state index in [0.717, 1.165) is 0 Å². The second kappa shape index (κ2) is 3.89. The summed E-state index contributed by atoms with van der Waals surface area (Å²) in [6.45, 7) is 0. The Morgan fingerprint density at radius 3 is 2.40 bits per heavy atom. The molecule has 0 amide bonds. The van der Waals surface area contributed by atoms with Crippen LogP contribution in [0.4, 0.5) is 0 Å². The molecule has 0 aliphatic rings. The lowest BCUT2D eigenvalue weighted by Crippen LogP contribution is -1.44. The number of aliphatic imine (C=N–C) groups is 1. The number of thiocarbonyl (C=S) groups is 2. The molecule has 0 aromatic heterocycles. The van der Waals surface area contributed by atoms with Crippen molar-refractivity contribution in [1.82, 2.24) is 0 Å². The van der Waals surface area contributed by atoms with Gasteiger partial charge in [-0.3, -0.25) is 0 Å². The van der Waals surface area contributed by atoms with Crippen LogP contribution in [-0.2, 0) is 0 Å². The molecule has 0 fully saturated rings. The SMILES string of the molecule is S=C=NC=S. The Hall–Kier alpha value is -0.110. The van der Waals surface area contributed by atoms with Gasteiger partial charge in [0.25, 0.3) is 0 Å². The van der Waals surface area contributed by atoms with E-state index in [9.17, 15) is 0 Å². The van der Waals surface area contributed by atoms with Gasteiger partial charge in [-0.25, -0.2) is 0 Å². The van der Waals surface area contributed by atoms with Gasteiger partial charge in [0.1, 0.15) is 5.49 Å². The molecule has 0 rings (SSSR count). The summed E-state index contributed by atoms with van der Waals surface area (Å²) < 4.78 is 0. The number of hydrogen-bond donors (Lipinski definition) is 0. The topological polar surface area (TPSA) is 12.4 Å². The Kier molecular flexibility index (Phi) is 3.80. The summed E-state index contributed by atoms with van der Waals surface area (Å²) in [5, 5.41) is 2.07. The van der Waals surface area contributed by atoms with Crippen molar-refractivity contribution in [2.24, 2.45) is 4.99 Å². The smallest absolute Gasteiger partial charge is 0.101 e. The lowest BCUT2D eigenvalue weighted by molar-refractivity contribution is 1.93. The zero-order valence-electron chi connectivity index (χ0n) is 2.34. The zero-order valence-corrected chi connectivity index (χ0v) is 3.97. The molecule has 0 saturated carbocycles. The fourth-order valence-electron chi connectivity index (χ4n) is 0.0215. The van der Waals surface area contributed by atoms with Crippen LogP contribution in [0.2, 0.25) is 0 Å². The van der Waals surface area contributed by atoms with Crippen LogP contribution >= 0.6 is 24.4 Å². The second-order valence-electron chi connectivity index (χ2n) is 0.326. The van der Waals surface area contributed by atoms with E-state index in [0.29, 0.717) is 0 Å². The molecule has 0 radical (unpaired) electrons. The van der Waals surface area contributed by atoms with Crippen LogP contribution < -0.4 is 0 Å². The minimum absolute atomic E-state index is 1.17. The van der Waals surface area contributed by atoms with Crippen molar-refractivity contribution in [3.63, 3.8) is 0 Å². The van der Waals surface area contributed by atoms with Crippen LogP contribution in [0.3, 0.4) is 0 Å². The Morgan fingerprint density at radius 1 is 1.80 bits per heavy atom. The molecule has 0 unspecified atom stereocenters. The molecular weight excluding hydrogens is 102 g/mol. The maximum absolute atomic E-state index is 4.23. The average Bonchev–Trinajstić information content (AvgIpc) is 1.41. The third-order valence-corrected chi connectivity index (χ3v) is 0.316. The minimum atomic E-state index is 1.17. The van der Waals surface area contributed by atoms with Gasteiger partial charge in [0.05, 0.1) is 5.16 Å². The highest BCUT2D eigenvalue weighted by Gasteiger charge is 1.39. The normalized spacial score (nSPS) is 4.80. The zero-order chi connectivity index (χ0) is 4.12. The average molecular weight is 103 g/mol. The second-order valence-corrected chi connectivity index (χ2v) is 0.719. The molecule has 0 atom stereocenters. The van der Waals surface area contributed by atoms with Crippen molar-refractivity contribution >= 4 is 35.1 Å². The van der Waals surface area contributed by atoms with Crippen LogP contribution in [0, 0.1) is 0 Å². The molecule has 0 aliphatic carbocycles. The Morgan fingerprint density at radius 2 is 2.40 bits per heavy atom. The molecule has 5 heavy (non-hydrogen) atoms. The molecular formula is C2HNS2. The summed E-state index contributed by atoms with van der Waals surface area (Å²) in [5.41, 5.74) is 1.17. The summed E-state index contributed by atoms with van der Waals surface area (Å²) in [6, 6.07) is 0. The van der Waals surface area contributed by atoms with Crippen molar-refractivity contribution in [3.05, 3.63) is 0 Å². The maximum atomic E-state index is 4.23. The van der Waals surface area contributed by atoms with E-state index in [1.807, 2.05) is 0 Å². The van der Waals surface area contributed by atoms with Crippen LogP contribution in [0.1, 0.15) is 0 Å². The molecule has 0 spiro atoms. The Bertz CT molecular complexity index is 71.7. The van der Waals surface area contributed by atoms with Crippen molar-refractivity contribution < 1.29 is 0 Å². The molecule has 0 aliphatic heterocycles. The van der Waals surface area contributed by atoms with Gasteiger partial charge in [-0.2, -0.15) is 4.99 Å². The first-order valence-corrected chi connectivity index (χ1v) is 1.80. The van der Waals surface area contributed by atoms with Gasteiger partial charge in [-0.1, -0.05) is 12.2 Å². The lowest BCUT2D eigenvalue weighted by atomic mass is 11.4. The van der Waals surface area contributed by atoms with Gasteiger partial charge < -0.3 is 0 Å². The largest absolute Gasteiger partial charge is 0.191 e. The summed E-state index contributed by atoms with van der Waals surface area (Å²) in [4.78, 5) is 3.23. The molecule has 0 aromatic rings. The minimum Gasteiger partial charge on any atom is -0.191 e. The van der Waals surface area contributed by atoms with Gasteiger partial charge in [0.15, 0.2) is 0 Å². The van der Waals surface area contributed by atoms with Crippen LogP contribution in [-0.4, -0.2) is 10.7 Å². The van der Waals surface area contributed by atoms with E-state index in [1.54, 1.807) is 0 Å². The van der Waals surface area contributed by atoms with Crippen LogP contribution in [0.25, 0.3) is 0 Å². The lowest BCUT2D eigenvalue weighted by Gasteiger charge is -1.45. The number of hydrogen-bond acceptors (Lipinski definition) is 2. The number of nitrogens with zero attached hydrogens (tertiary/aromatic N) is 1. The third-order valence-electron chi connectivity index (χ3n) is 0.105. The van der Waals surface area contributed by atoms with E-state index in [1.165, 1.54) is 5.49 Å². The molecule has 1 nitrogen and oxygen atoms in total. The van der Waals surface area contributed by atoms with Gasteiger partial charge >= 0.3 is 0 Å². The first-order valence-electron chi connectivity index (χ1n) is 0.922. The molecule has 0 N–H and O–H groups in total. The molecule has 26 valence electrons. The van der Waals surface area contributed by atoms with Gasteiger partial charge in [0, 0.05) is 0 Å². The van der Waals surface area contributed by atoms with Crippen LogP contribution in [0.5, 0.6) is 0 Å². The molecule has 3 heteroatoms. The summed E-state index contributed by atoms with van der Waals surface area (Å²) >= 11 is 8.37. The fraction of sp³-hybridized carbons (Fsp3) is 0. The quantitative estimate of drug-likeness (QED) is 0.363. The fourth-order valence-corrected chi connectivity index (χ4v) is 0.194. The molecule has 0 heterocycles. The summed E-state index contributed by atoms with van der Waals surface area (Å²) in [7, 11) is 0. The van der Waals surface area contributed by atoms with E-state index < -0.39 is 0 Å². The predicted molar refractivity (Wildman–Crippen MR) is 28.7 cm³/mol. The predicted octanol–water partition coefficient (Wildman–Crippen LogP) is 1.05. The Balaban J connectivity index is 3.31. The van der Waals surface area contributed by atoms with Gasteiger partial charge in [-0.15, -0.1) is 0 Å². The molecule has 0 bridgehead atoms. The number of isothiocyanates is 1. The monoisotopic (exact) mass is 103 g/mol. The Labute approximate surface area is 40.7 Å². The first-order chi connectivity index (χ1) is 2.41. The molecule has 0 saturated heterocycles. The summed E-state index contributed by atoms with van der Waals surface area (Å²) in [5.74, 6) is 0.